The van der Waals surface area contributed by atoms with E-state index in [-0.39, 0.29) is 17.5 Å². The fourth-order valence-electron chi connectivity index (χ4n) is 3.16. The lowest BCUT2D eigenvalue weighted by Crippen LogP contribution is -2.39. The van der Waals surface area contributed by atoms with Crippen LogP contribution in [0.15, 0.2) is 36.7 Å². The zero-order valence-corrected chi connectivity index (χ0v) is 14.2. The Labute approximate surface area is 137 Å². The number of carbonyl (C=O) groups excluding carboxylic acids is 1. The van der Waals surface area contributed by atoms with E-state index < -0.39 is 0 Å². The summed E-state index contributed by atoms with van der Waals surface area (Å²) < 4.78 is 2.05. The molecule has 0 radical (unpaired) electrons. The van der Waals surface area contributed by atoms with Gasteiger partial charge in [0.05, 0.1) is 0 Å². The first-order valence-electron chi connectivity index (χ1n) is 8.33. The third-order valence-corrected chi connectivity index (χ3v) is 4.74. The Morgan fingerprint density at radius 3 is 2.57 bits per heavy atom. The molecule has 1 saturated carbocycles. The highest BCUT2D eigenvalue weighted by molar-refractivity contribution is 5.77. The van der Waals surface area contributed by atoms with Gasteiger partial charge in [-0.05, 0) is 45.6 Å². The number of hydrogen-bond donors (Lipinski definition) is 1. The molecule has 0 spiro atoms. The summed E-state index contributed by atoms with van der Waals surface area (Å²) in [6.45, 7) is 6.12. The second-order valence-electron chi connectivity index (χ2n) is 6.93. The van der Waals surface area contributed by atoms with Crippen LogP contribution in [-0.2, 0) is 11.2 Å². The number of nitrogens with zero attached hydrogens (tertiary/aromatic N) is 2. The first kappa shape index (κ1) is 15.8. The smallest absolute Gasteiger partial charge is 0.222 e. The lowest BCUT2D eigenvalue weighted by molar-refractivity contribution is -0.122. The largest absolute Gasteiger partial charge is 0.350 e. The van der Waals surface area contributed by atoms with Crippen LogP contribution in [0, 0.1) is 13.8 Å². The number of amides is 1. The van der Waals surface area contributed by atoms with E-state index in [1.54, 1.807) is 6.20 Å². The molecule has 1 heterocycles. The maximum absolute atomic E-state index is 12.4. The van der Waals surface area contributed by atoms with E-state index in [4.69, 9.17) is 0 Å². The molecule has 2 aromatic rings. The predicted octanol–water partition coefficient (Wildman–Crippen LogP) is 3.34. The van der Waals surface area contributed by atoms with Gasteiger partial charge in [-0.2, -0.15) is 0 Å². The van der Waals surface area contributed by atoms with Crippen molar-refractivity contribution in [3.8, 4) is 0 Å². The molecule has 1 aromatic carbocycles. The number of hydrogen-bond acceptors (Lipinski definition) is 2. The molecule has 0 saturated heterocycles. The summed E-state index contributed by atoms with van der Waals surface area (Å²) in [4.78, 5) is 16.6. The monoisotopic (exact) mass is 311 g/mol. The molecule has 23 heavy (non-hydrogen) atoms. The van der Waals surface area contributed by atoms with Crippen LogP contribution in [0.4, 0.5) is 0 Å². The lowest BCUT2D eigenvalue weighted by atomic mass is 10.0. The summed E-state index contributed by atoms with van der Waals surface area (Å²) >= 11 is 0. The normalized spacial score (nSPS) is 16.8. The predicted molar refractivity (Wildman–Crippen MR) is 91.3 cm³/mol. The van der Waals surface area contributed by atoms with Crippen molar-refractivity contribution in [3.05, 3.63) is 53.6 Å². The summed E-state index contributed by atoms with van der Waals surface area (Å²) in [5.41, 5.74) is 2.55. The Balaban J connectivity index is 1.57. The molecule has 1 N–H and O–H groups in total. The molecule has 1 aliphatic rings. The van der Waals surface area contributed by atoms with Crippen LogP contribution < -0.4 is 5.32 Å². The van der Waals surface area contributed by atoms with Crippen LogP contribution in [0.25, 0.3) is 0 Å². The minimum Gasteiger partial charge on any atom is -0.350 e. The molecule has 1 atom stereocenters. The van der Waals surface area contributed by atoms with Crippen molar-refractivity contribution < 1.29 is 4.79 Å². The highest BCUT2D eigenvalue weighted by atomic mass is 16.1. The van der Waals surface area contributed by atoms with E-state index in [2.05, 4.69) is 53.0 Å². The van der Waals surface area contributed by atoms with E-state index in [1.165, 1.54) is 11.1 Å². The van der Waals surface area contributed by atoms with Crippen LogP contribution in [0.1, 0.15) is 49.2 Å². The maximum atomic E-state index is 12.4. The van der Waals surface area contributed by atoms with Gasteiger partial charge >= 0.3 is 0 Å². The second-order valence-corrected chi connectivity index (χ2v) is 6.93. The topological polar surface area (TPSA) is 46.9 Å². The molecule has 122 valence electrons. The minimum atomic E-state index is -0.0178. The summed E-state index contributed by atoms with van der Waals surface area (Å²) in [5, 5.41) is 3.27. The third-order valence-electron chi connectivity index (χ3n) is 4.74. The van der Waals surface area contributed by atoms with Gasteiger partial charge in [-0.3, -0.25) is 4.79 Å². The number of benzene rings is 1. The van der Waals surface area contributed by atoms with Crippen LogP contribution in [0.3, 0.4) is 0 Å². The van der Waals surface area contributed by atoms with E-state index >= 15 is 0 Å². The van der Waals surface area contributed by atoms with Gasteiger partial charge in [0, 0.05) is 30.4 Å². The molecule has 1 unspecified atom stereocenters. The summed E-state index contributed by atoms with van der Waals surface area (Å²) in [5.74, 6) is 1.08. The van der Waals surface area contributed by atoms with Gasteiger partial charge in [0.2, 0.25) is 5.91 Å². The van der Waals surface area contributed by atoms with Crippen LogP contribution >= 0.6 is 0 Å². The van der Waals surface area contributed by atoms with Gasteiger partial charge < -0.3 is 9.88 Å². The summed E-state index contributed by atoms with van der Waals surface area (Å²) in [6.07, 6.45) is 7.29. The number of carbonyl (C=O) groups is 1. The molecule has 4 nitrogen and oxygen atoms in total. The van der Waals surface area contributed by atoms with Crippen molar-refractivity contribution >= 4 is 5.91 Å². The van der Waals surface area contributed by atoms with Crippen LogP contribution in [-0.4, -0.2) is 21.0 Å². The van der Waals surface area contributed by atoms with Gasteiger partial charge in [-0.15, -0.1) is 0 Å². The number of imidazole rings is 1. The molecule has 3 rings (SSSR count). The van der Waals surface area contributed by atoms with Crippen LogP contribution in [0.2, 0.25) is 0 Å². The van der Waals surface area contributed by atoms with Crippen molar-refractivity contribution in [1.29, 1.82) is 0 Å². The zero-order valence-electron chi connectivity index (χ0n) is 14.2. The van der Waals surface area contributed by atoms with Crippen molar-refractivity contribution in [1.82, 2.24) is 14.9 Å². The summed E-state index contributed by atoms with van der Waals surface area (Å²) in [6, 6.07) is 8.74. The number of rotatable bonds is 6. The molecule has 1 fully saturated rings. The average molecular weight is 311 g/mol. The molecule has 0 aliphatic heterocycles. The molecule has 1 amide bonds. The van der Waals surface area contributed by atoms with Gasteiger partial charge in [0.15, 0.2) is 0 Å². The van der Waals surface area contributed by atoms with Crippen molar-refractivity contribution in [2.45, 2.75) is 58.0 Å². The number of aromatic nitrogens is 2. The number of aryl methyl sites for hydroxylation is 2. The van der Waals surface area contributed by atoms with Crippen molar-refractivity contribution in [2.75, 3.05) is 0 Å². The van der Waals surface area contributed by atoms with Crippen LogP contribution in [0.5, 0.6) is 0 Å². The Kier molecular flexibility index (Phi) is 4.24. The maximum Gasteiger partial charge on any atom is 0.222 e. The lowest BCUT2D eigenvalue weighted by Gasteiger charge is -2.20. The third kappa shape index (κ3) is 3.81. The standard InChI is InChI=1S/C19H25N3O/c1-14-4-6-17(7-5-14)13-19(8-9-19)21-18(23)12-15(2)22-11-10-20-16(22)3/h4-7,10-11,15H,8-9,12-13H2,1-3H3,(H,21,23). The SMILES string of the molecule is Cc1ccc(CC2(NC(=O)CC(C)n3ccnc3C)CC2)cc1. The van der Waals surface area contributed by atoms with E-state index in [0.29, 0.717) is 6.42 Å². The number of nitrogens with one attached hydrogen (secondary N) is 1. The molecule has 0 bridgehead atoms. The van der Waals surface area contributed by atoms with Crippen molar-refractivity contribution in [3.63, 3.8) is 0 Å². The van der Waals surface area contributed by atoms with Gasteiger partial charge in [-0.1, -0.05) is 29.8 Å². The van der Waals surface area contributed by atoms with Gasteiger partial charge in [0.1, 0.15) is 5.82 Å². The highest BCUT2D eigenvalue weighted by Crippen LogP contribution is 2.39. The fourth-order valence-corrected chi connectivity index (χ4v) is 3.16. The second kappa shape index (κ2) is 6.19. The zero-order chi connectivity index (χ0) is 16.4. The van der Waals surface area contributed by atoms with E-state index in [9.17, 15) is 4.79 Å². The summed E-state index contributed by atoms with van der Waals surface area (Å²) in [7, 11) is 0. The Hall–Kier alpha value is -2.10. The minimum absolute atomic E-state index is 0.0178. The Bertz CT molecular complexity index is 683. The molecular formula is C19H25N3O. The van der Waals surface area contributed by atoms with Crippen molar-refractivity contribution in [2.24, 2.45) is 0 Å². The van der Waals surface area contributed by atoms with E-state index in [0.717, 1.165) is 25.1 Å². The first-order chi connectivity index (χ1) is 11.0. The molecule has 1 aliphatic carbocycles. The van der Waals surface area contributed by atoms with E-state index in [1.807, 2.05) is 13.1 Å². The molecular weight excluding hydrogens is 286 g/mol. The highest BCUT2D eigenvalue weighted by Gasteiger charge is 2.43. The molecule has 1 aromatic heterocycles. The fraction of sp³-hybridized carbons (Fsp3) is 0.474. The van der Waals surface area contributed by atoms with Gasteiger partial charge in [-0.25, -0.2) is 4.98 Å². The van der Waals surface area contributed by atoms with Gasteiger partial charge in [0.25, 0.3) is 0 Å². The average Bonchev–Trinajstić information content (AvgIpc) is 3.09. The Morgan fingerprint density at radius 2 is 2.00 bits per heavy atom. The quantitative estimate of drug-likeness (QED) is 0.889. The molecule has 4 heteroatoms. The first-order valence-corrected chi connectivity index (χ1v) is 8.33. The Morgan fingerprint density at radius 1 is 1.30 bits per heavy atom.